The summed E-state index contributed by atoms with van der Waals surface area (Å²) in [6, 6.07) is 12.0. The van der Waals surface area contributed by atoms with Crippen LogP contribution in [0.5, 0.6) is 0 Å². The molecule has 1 aliphatic rings. The molecule has 2 heterocycles. The van der Waals surface area contributed by atoms with Crippen molar-refractivity contribution >= 4 is 40.7 Å². The molecular formula is C23H18ClN3O5S. The van der Waals surface area contributed by atoms with Crippen LogP contribution in [0, 0.1) is 10.1 Å². The molecule has 3 aromatic rings. The third-order valence-corrected chi connectivity index (χ3v) is 6.28. The summed E-state index contributed by atoms with van der Waals surface area (Å²) in [4.78, 5) is 42.1. The largest absolute Gasteiger partial charge is 0.463 e. The van der Waals surface area contributed by atoms with Crippen LogP contribution in [-0.4, -0.2) is 22.1 Å². The summed E-state index contributed by atoms with van der Waals surface area (Å²) in [5.74, 6) is -0.626. The smallest absolute Gasteiger partial charge is 0.338 e. The minimum Gasteiger partial charge on any atom is -0.463 e. The Balaban J connectivity index is 1.98. The molecule has 0 saturated heterocycles. The number of thiazole rings is 1. The Morgan fingerprint density at radius 3 is 2.76 bits per heavy atom. The highest BCUT2D eigenvalue weighted by atomic mass is 35.5. The molecule has 33 heavy (non-hydrogen) atoms. The van der Waals surface area contributed by atoms with Gasteiger partial charge < -0.3 is 4.74 Å². The van der Waals surface area contributed by atoms with Crippen molar-refractivity contribution in [2.45, 2.75) is 19.9 Å². The van der Waals surface area contributed by atoms with Crippen molar-refractivity contribution < 1.29 is 14.5 Å². The number of esters is 1. The van der Waals surface area contributed by atoms with Crippen molar-refractivity contribution in [3.63, 3.8) is 0 Å². The zero-order valence-corrected chi connectivity index (χ0v) is 19.2. The molecule has 8 nitrogen and oxygen atoms in total. The lowest BCUT2D eigenvalue weighted by molar-refractivity contribution is -0.384. The topological polar surface area (TPSA) is 104 Å². The minimum absolute atomic E-state index is 0.135. The minimum atomic E-state index is -0.915. The zero-order chi connectivity index (χ0) is 23.7. The Bertz CT molecular complexity index is 1490. The number of nitro groups is 1. The number of hydrogen-bond donors (Lipinski definition) is 0. The van der Waals surface area contributed by atoms with E-state index in [2.05, 4.69) is 4.99 Å². The molecule has 0 bridgehead atoms. The third-order valence-electron chi connectivity index (χ3n) is 5.06. The number of non-ortho nitro benzene ring substituents is 1. The number of hydrogen-bond acceptors (Lipinski definition) is 7. The quantitative estimate of drug-likeness (QED) is 0.314. The number of rotatable bonds is 5. The molecule has 2 aromatic carbocycles. The summed E-state index contributed by atoms with van der Waals surface area (Å²) in [5, 5.41) is 11.9. The monoisotopic (exact) mass is 483 g/mol. The number of nitrogens with zero attached hydrogens (tertiary/aromatic N) is 3. The number of aromatic nitrogens is 1. The molecule has 0 fully saturated rings. The predicted octanol–water partition coefficient (Wildman–Crippen LogP) is 3.36. The van der Waals surface area contributed by atoms with Gasteiger partial charge in [-0.3, -0.25) is 19.5 Å². The van der Waals surface area contributed by atoms with E-state index in [4.69, 9.17) is 16.3 Å². The van der Waals surface area contributed by atoms with E-state index in [0.29, 0.717) is 25.6 Å². The van der Waals surface area contributed by atoms with Crippen molar-refractivity contribution in [2.24, 2.45) is 4.99 Å². The fourth-order valence-electron chi connectivity index (χ4n) is 3.66. The Morgan fingerprint density at radius 1 is 1.30 bits per heavy atom. The Kier molecular flexibility index (Phi) is 6.26. The zero-order valence-electron chi connectivity index (χ0n) is 17.6. The molecule has 0 radical (unpaired) electrons. The van der Waals surface area contributed by atoms with E-state index >= 15 is 0 Å². The molecule has 1 unspecified atom stereocenters. The molecule has 168 valence electrons. The molecule has 0 N–H and O–H groups in total. The first-order valence-corrected chi connectivity index (χ1v) is 11.2. The number of carbonyl (C=O) groups excluding carboxylic acids is 1. The number of allylic oxidation sites excluding steroid dienone is 1. The maximum Gasteiger partial charge on any atom is 0.338 e. The molecule has 0 saturated carbocycles. The number of nitro benzene ring substituents is 1. The van der Waals surface area contributed by atoms with Gasteiger partial charge in [0.05, 0.1) is 33.4 Å². The van der Waals surface area contributed by atoms with E-state index in [1.807, 2.05) is 6.07 Å². The molecule has 0 amide bonds. The lowest BCUT2D eigenvalue weighted by Crippen LogP contribution is -2.40. The summed E-state index contributed by atoms with van der Waals surface area (Å²) >= 11 is 7.23. The van der Waals surface area contributed by atoms with E-state index in [-0.39, 0.29) is 23.4 Å². The first kappa shape index (κ1) is 22.6. The Morgan fingerprint density at radius 2 is 2.06 bits per heavy atom. The fourth-order valence-corrected chi connectivity index (χ4v) is 4.91. The second-order valence-corrected chi connectivity index (χ2v) is 8.65. The molecule has 1 aliphatic heterocycles. The van der Waals surface area contributed by atoms with Gasteiger partial charge in [0.25, 0.3) is 11.2 Å². The van der Waals surface area contributed by atoms with Crippen LogP contribution in [-0.2, 0) is 9.53 Å². The highest BCUT2D eigenvalue weighted by molar-refractivity contribution is 7.07. The van der Waals surface area contributed by atoms with Crippen LogP contribution in [0.2, 0.25) is 5.02 Å². The first-order chi connectivity index (χ1) is 15.8. The van der Waals surface area contributed by atoms with Gasteiger partial charge in [0.2, 0.25) is 0 Å². The predicted molar refractivity (Wildman–Crippen MR) is 125 cm³/mol. The van der Waals surface area contributed by atoms with Gasteiger partial charge in [0.15, 0.2) is 4.80 Å². The van der Waals surface area contributed by atoms with Gasteiger partial charge in [-0.2, -0.15) is 0 Å². The van der Waals surface area contributed by atoms with Crippen LogP contribution in [0.25, 0.3) is 6.08 Å². The Labute approximate surface area is 196 Å². The van der Waals surface area contributed by atoms with Crippen molar-refractivity contribution in [1.29, 1.82) is 0 Å². The number of carbonyl (C=O) groups is 1. The molecule has 4 rings (SSSR count). The van der Waals surface area contributed by atoms with Crippen molar-refractivity contribution in [3.05, 3.63) is 106 Å². The first-order valence-electron chi connectivity index (χ1n) is 9.99. The van der Waals surface area contributed by atoms with Gasteiger partial charge in [-0.1, -0.05) is 47.2 Å². The van der Waals surface area contributed by atoms with E-state index in [1.165, 1.54) is 34.1 Å². The van der Waals surface area contributed by atoms with E-state index in [9.17, 15) is 19.7 Å². The van der Waals surface area contributed by atoms with Gasteiger partial charge in [0, 0.05) is 17.2 Å². The highest BCUT2D eigenvalue weighted by Crippen LogP contribution is 2.32. The summed E-state index contributed by atoms with van der Waals surface area (Å²) in [6.45, 7) is 3.47. The van der Waals surface area contributed by atoms with Crippen molar-refractivity contribution in [2.75, 3.05) is 6.61 Å². The summed E-state index contributed by atoms with van der Waals surface area (Å²) in [5.41, 5.74) is 1.19. The molecule has 1 aromatic heterocycles. The SMILES string of the molecule is CCOC(=O)C1=C(C)N=c2s/c(=C/c3cccc(Cl)c3)c(=O)n2C1c1cccc([N+](=O)[O-])c1. The summed E-state index contributed by atoms with van der Waals surface area (Å²) < 4.78 is 7.01. The van der Waals surface area contributed by atoms with Crippen molar-refractivity contribution in [3.8, 4) is 0 Å². The van der Waals surface area contributed by atoms with Gasteiger partial charge in [-0.05, 0) is 43.2 Å². The summed E-state index contributed by atoms with van der Waals surface area (Å²) in [6.07, 6.45) is 1.70. The third kappa shape index (κ3) is 4.37. The maximum absolute atomic E-state index is 13.5. The number of benzene rings is 2. The number of ether oxygens (including phenoxy) is 1. The standard InChI is InChI=1S/C23H18ClN3O5S/c1-3-32-22(29)19-13(2)25-23-26(20(19)15-7-5-9-17(12-15)27(30)31)21(28)18(33-23)11-14-6-4-8-16(24)10-14/h4-12,20H,3H2,1-2H3/b18-11+. The van der Waals surface area contributed by atoms with E-state index in [0.717, 1.165) is 5.56 Å². The van der Waals surface area contributed by atoms with E-state index in [1.54, 1.807) is 44.2 Å². The van der Waals surface area contributed by atoms with Crippen LogP contribution in [0.15, 0.2) is 69.6 Å². The van der Waals surface area contributed by atoms with Crippen LogP contribution in [0.1, 0.15) is 31.0 Å². The van der Waals surface area contributed by atoms with Gasteiger partial charge in [-0.25, -0.2) is 9.79 Å². The highest BCUT2D eigenvalue weighted by Gasteiger charge is 2.34. The van der Waals surface area contributed by atoms with Crippen molar-refractivity contribution in [1.82, 2.24) is 4.57 Å². The van der Waals surface area contributed by atoms with Crippen LogP contribution < -0.4 is 14.9 Å². The van der Waals surface area contributed by atoms with Gasteiger partial charge in [0.1, 0.15) is 0 Å². The molecule has 0 aliphatic carbocycles. The van der Waals surface area contributed by atoms with Crippen LogP contribution in [0.4, 0.5) is 5.69 Å². The maximum atomic E-state index is 13.5. The second kappa shape index (κ2) is 9.13. The van der Waals surface area contributed by atoms with Crippen LogP contribution in [0.3, 0.4) is 0 Å². The molecule has 0 spiro atoms. The average molecular weight is 484 g/mol. The number of fused-ring (bicyclic) bond motifs is 1. The lowest BCUT2D eigenvalue weighted by Gasteiger charge is -2.24. The Hall–Kier alpha value is -3.56. The van der Waals surface area contributed by atoms with Crippen LogP contribution >= 0.6 is 22.9 Å². The van der Waals surface area contributed by atoms with E-state index < -0.39 is 16.9 Å². The van der Waals surface area contributed by atoms with Gasteiger partial charge in [-0.15, -0.1) is 0 Å². The molecule has 1 atom stereocenters. The normalized spacial score (nSPS) is 15.7. The van der Waals surface area contributed by atoms with Gasteiger partial charge >= 0.3 is 5.97 Å². The lowest BCUT2D eigenvalue weighted by atomic mass is 9.95. The molecule has 10 heteroatoms. The fraction of sp³-hybridized carbons (Fsp3) is 0.174. The average Bonchev–Trinajstić information content (AvgIpc) is 3.07. The summed E-state index contributed by atoms with van der Waals surface area (Å²) in [7, 11) is 0. The number of halogens is 1. The molecular weight excluding hydrogens is 466 g/mol. The second-order valence-electron chi connectivity index (χ2n) is 7.21.